The fraction of sp³-hybridized carbons (Fsp3) is 0.824. The number of hydrogen-bond acceptors (Lipinski definition) is 4. The van der Waals surface area contributed by atoms with Gasteiger partial charge in [-0.05, 0) is 50.5 Å². The molecule has 0 saturated heterocycles. The summed E-state index contributed by atoms with van der Waals surface area (Å²) in [6.07, 6.45) is 9.20. The first-order valence-electron chi connectivity index (χ1n) is 8.58. The fourth-order valence-corrected chi connectivity index (χ4v) is 3.85. The number of carbonyl (C=O) groups is 1. The minimum atomic E-state index is -0.522. The lowest BCUT2D eigenvalue weighted by atomic mass is 9.71. The molecule has 5 heteroatoms. The first-order valence-corrected chi connectivity index (χ1v) is 8.58. The van der Waals surface area contributed by atoms with E-state index >= 15 is 0 Å². The molecule has 1 aliphatic carbocycles. The summed E-state index contributed by atoms with van der Waals surface area (Å²) >= 11 is 0. The lowest BCUT2D eigenvalue weighted by Crippen LogP contribution is -2.41. The van der Waals surface area contributed by atoms with Crippen molar-refractivity contribution in [2.24, 2.45) is 23.5 Å². The molecule has 126 valence electrons. The van der Waals surface area contributed by atoms with Crippen molar-refractivity contribution in [1.82, 2.24) is 0 Å². The van der Waals surface area contributed by atoms with Gasteiger partial charge in [-0.3, -0.25) is 4.79 Å². The van der Waals surface area contributed by atoms with Crippen molar-refractivity contribution in [1.29, 1.82) is 0 Å². The number of primary amides is 1. The summed E-state index contributed by atoms with van der Waals surface area (Å²) in [7, 11) is 0. The molecule has 0 unspecified atom stereocenters. The Labute approximate surface area is 132 Å². The van der Waals surface area contributed by atoms with Crippen molar-refractivity contribution in [3.63, 3.8) is 0 Å². The molecule has 22 heavy (non-hydrogen) atoms. The minimum Gasteiger partial charge on any atom is -0.459 e. The molecule has 3 atom stereocenters. The first kappa shape index (κ1) is 17.3. The van der Waals surface area contributed by atoms with E-state index in [0.29, 0.717) is 12.5 Å². The Hall–Kier alpha value is -1.07. The Balaban J connectivity index is 2.22. The van der Waals surface area contributed by atoms with Gasteiger partial charge in [-0.1, -0.05) is 19.3 Å². The van der Waals surface area contributed by atoms with E-state index in [-0.39, 0.29) is 24.2 Å². The van der Waals surface area contributed by atoms with E-state index in [0.717, 1.165) is 12.8 Å². The first-order chi connectivity index (χ1) is 10.7. The van der Waals surface area contributed by atoms with Gasteiger partial charge >= 0.3 is 0 Å². The molecule has 0 radical (unpaired) electrons. The van der Waals surface area contributed by atoms with E-state index in [2.05, 4.69) is 0 Å². The number of aliphatic hydroxyl groups is 1. The number of aliphatic hydroxyl groups excluding tert-OH is 1. The van der Waals surface area contributed by atoms with Gasteiger partial charge in [-0.15, -0.1) is 0 Å². The number of allylic oxidation sites excluding steroid dienone is 1. The molecular formula is C17H29NO4. The zero-order chi connectivity index (χ0) is 15.9. The van der Waals surface area contributed by atoms with Gasteiger partial charge in [-0.25, -0.2) is 0 Å². The van der Waals surface area contributed by atoms with Crippen molar-refractivity contribution in [3.8, 4) is 0 Å². The third-order valence-corrected chi connectivity index (χ3v) is 4.89. The number of rotatable bonds is 7. The molecule has 1 amide bonds. The second kappa shape index (κ2) is 8.53. The Morgan fingerprint density at radius 3 is 2.73 bits per heavy atom. The third kappa shape index (κ3) is 4.23. The molecule has 0 aromatic heterocycles. The molecule has 2 rings (SSSR count). The largest absolute Gasteiger partial charge is 0.459 e. The van der Waals surface area contributed by atoms with Gasteiger partial charge < -0.3 is 20.3 Å². The molecular weight excluding hydrogens is 282 g/mol. The van der Waals surface area contributed by atoms with Crippen LogP contribution in [0.2, 0.25) is 0 Å². The quantitative estimate of drug-likeness (QED) is 0.756. The second-order valence-corrected chi connectivity index (χ2v) is 6.34. The average molecular weight is 311 g/mol. The van der Waals surface area contributed by atoms with E-state index in [4.69, 9.17) is 15.2 Å². The topological polar surface area (TPSA) is 81.8 Å². The highest BCUT2D eigenvalue weighted by Gasteiger charge is 2.40. The van der Waals surface area contributed by atoms with Crippen LogP contribution in [0.15, 0.2) is 11.8 Å². The predicted octanol–water partition coefficient (Wildman–Crippen LogP) is 2.33. The molecule has 0 bridgehead atoms. The molecule has 0 aromatic rings. The van der Waals surface area contributed by atoms with Crippen molar-refractivity contribution >= 4 is 5.91 Å². The smallest absolute Gasteiger partial charge is 0.283 e. The summed E-state index contributed by atoms with van der Waals surface area (Å²) in [5, 5.41) is 9.18. The van der Waals surface area contributed by atoms with Crippen LogP contribution < -0.4 is 5.73 Å². The lowest BCUT2D eigenvalue weighted by molar-refractivity contribution is -0.176. The highest BCUT2D eigenvalue weighted by atomic mass is 16.7. The Morgan fingerprint density at radius 2 is 2.14 bits per heavy atom. The van der Waals surface area contributed by atoms with E-state index in [1.54, 1.807) is 0 Å². The van der Waals surface area contributed by atoms with Gasteiger partial charge in [0.1, 0.15) is 0 Å². The highest BCUT2D eigenvalue weighted by Crippen LogP contribution is 2.42. The van der Waals surface area contributed by atoms with E-state index < -0.39 is 12.2 Å². The molecule has 1 fully saturated rings. The van der Waals surface area contributed by atoms with Gasteiger partial charge in [0.25, 0.3) is 5.91 Å². The molecule has 1 heterocycles. The molecule has 5 nitrogen and oxygen atoms in total. The molecule has 3 N–H and O–H groups in total. The Bertz CT molecular complexity index is 390. The summed E-state index contributed by atoms with van der Waals surface area (Å²) in [4.78, 5) is 11.6. The lowest BCUT2D eigenvalue weighted by Gasteiger charge is -2.41. The van der Waals surface area contributed by atoms with Gasteiger partial charge in [0, 0.05) is 19.1 Å². The van der Waals surface area contributed by atoms with Crippen molar-refractivity contribution in [2.75, 3.05) is 13.2 Å². The Morgan fingerprint density at radius 1 is 1.41 bits per heavy atom. The van der Waals surface area contributed by atoms with Crippen LogP contribution in [0.4, 0.5) is 0 Å². The van der Waals surface area contributed by atoms with Gasteiger partial charge in [0.05, 0.1) is 0 Å². The maximum atomic E-state index is 11.6. The van der Waals surface area contributed by atoms with E-state index in [9.17, 15) is 9.90 Å². The van der Waals surface area contributed by atoms with Gasteiger partial charge in [-0.2, -0.15) is 0 Å². The van der Waals surface area contributed by atoms with Crippen LogP contribution in [-0.2, 0) is 14.3 Å². The van der Waals surface area contributed by atoms with E-state index in [1.807, 2.05) is 13.0 Å². The minimum absolute atomic E-state index is 0.166. The van der Waals surface area contributed by atoms with Crippen LogP contribution in [0, 0.1) is 17.8 Å². The number of nitrogens with two attached hydrogens (primary N) is 1. The summed E-state index contributed by atoms with van der Waals surface area (Å²) in [6.45, 7) is 2.62. The van der Waals surface area contributed by atoms with Crippen molar-refractivity contribution < 1.29 is 19.4 Å². The summed E-state index contributed by atoms with van der Waals surface area (Å²) in [5.41, 5.74) is 5.44. The van der Waals surface area contributed by atoms with Crippen LogP contribution in [0.3, 0.4) is 0 Å². The van der Waals surface area contributed by atoms with Gasteiger partial charge in [0.15, 0.2) is 5.76 Å². The van der Waals surface area contributed by atoms with Crippen LogP contribution >= 0.6 is 0 Å². The molecule has 2 aliphatic rings. The van der Waals surface area contributed by atoms with Crippen LogP contribution in [0.25, 0.3) is 0 Å². The second-order valence-electron chi connectivity index (χ2n) is 6.34. The Kier molecular flexibility index (Phi) is 6.70. The van der Waals surface area contributed by atoms with Crippen molar-refractivity contribution in [3.05, 3.63) is 11.8 Å². The van der Waals surface area contributed by atoms with Crippen molar-refractivity contribution in [2.45, 2.75) is 58.2 Å². The van der Waals surface area contributed by atoms with Crippen LogP contribution in [-0.4, -0.2) is 30.5 Å². The van der Waals surface area contributed by atoms with Crippen LogP contribution in [0.5, 0.6) is 0 Å². The maximum absolute atomic E-state index is 11.6. The zero-order valence-electron chi connectivity index (χ0n) is 13.5. The standard InChI is InChI=1S/C17H29NO4/c1-2-21-17-13(9-6-10-19)14(11-15(22-17)16(18)20)12-7-4-3-5-8-12/h11-14,17,19H,2-10H2,1H3,(H2,18,20)/t13-,14-,17-/m0/s1. The number of carbonyl (C=O) groups excluding carboxylic acids is 1. The SMILES string of the molecule is CCO[C@H]1OC(C(N)=O)=C[C@@H](C2CCCCC2)[C@@H]1CCCO. The number of hydrogen-bond donors (Lipinski definition) is 2. The third-order valence-electron chi connectivity index (χ3n) is 4.89. The molecule has 1 saturated carbocycles. The molecule has 1 aliphatic heterocycles. The number of ether oxygens (including phenoxy) is 2. The summed E-state index contributed by atoms with van der Waals surface area (Å²) in [6, 6.07) is 0. The number of amides is 1. The molecule has 0 spiro atoms. The predicted molar refractivity (Wildman–Crippen MR) is 83.7 cm³/mol. The average Bonchev–Trinajstić information content (AvgIpc) is 2.54. The summed E-state index contributed by atoms with van der Waals surface area (Å²) in [5.74, 6) is 0.706. The summed E-state index contributed by atoms with van der Waals surface area (Å²) < 4.78 is 11.4. The maximum Gasteiger partial charge on any atom is 0.283 e. The molecule has 0 aromatic carbocycles. The fourth-order valence-electron chi connectivity index (χ4n) is 3.85. The van der Waals surface area contributed by atoms with Gasteiger partial charge in [0.2, 0.25) is 6.29 Å². The van der Waals surface area contributed by atoms with E-state index in [1.165, 1.54) is 32.1 Å². The van der Waals surface area contributed by atoms with Crippen LogP contribution in [0.1, 0.15) is 51.9 Å². The monoisotopic (exact) mass is 311 g/mol. The highest BCUT2D eigenvalue weighted by molar-refractivity contribution is 5.90. The zero-order valence-corrected chi connectivity index (χ0v) is 13.5. The normalized spacial score (nSPS) is 29.7.